The Kier molecular flexibility index (Phi) is 4.25. The zero-order valence-electron chi connectivity index (χ0n) is 9.02. The summed E-state index contributed by atoms with van der Waals surface area (Å²) in [5, 5.41) is 9.81. The van der Waals surface area contributed by atoms with Gasteiger partial charge < -0.3 is 14.6 Å². The van der Waals surface area contributed by atoms with Crippen molar-refractivity contribution in [3.8, 4) is 11.5 Å². The van der Waals surface area contributed by atoms with Crippen molar-refractivity contribution in [1.29, 1.82) is 0 Å². The van der Waals surface area contributed by atoms with Crippen molar-refractivity contribution >= 4 is 23.6 Å². The van der Waals surface area contributed by atoms with Crippen molar-refractivity contribution in [2.24, 2.45) is 0 Å². The number of benzene rings is 1. The van der Waals surface area contributed by atoms with Crippen molar-refractivity contribution in [3.05, 3.63) is 23.3 Å². The molecular formula is C11H12O4S. The number of aldehydes is 1. The van der Waals surface area contributed by atoms with Crippen molar-refractivity contribution in [3.63, 3.8) is 0 Å². The topological polar surface area (TPSA) is 55.8 Å². The van der Waals surface area contributed by atoms with Crippen LogP contribution in [-0.4, -0.2) is 30.2 Å². The molecule has 0 unspecified atom stereocenters. The molecule has 0 atom stereocenters. The van der Waals surface area contributed by atoms with Crippen molar-refractivity contribution in [2.45, 2.75) is 6.92 Å². The Morgan fingerprint density at radius 1 is 1.56 bits per heavy atom. The molecule has 16 heavy (non-hydrogen) atoms. The van der Waals surface area contributed by atoms with Gasteiger partial charge in [0.1, 0.15) is 6.29 Å². The van der Waals surface area contributed by atoms with Gasteiger partial charge in [-0.1, -0.05) is 0 Å². The lowest BCUT2D eigenvalue weighted by molar-refractivity contribution is 0.112. The molecule has 1 aromatic carbocycles. The van der Waals surface area contributed by atoms with Gasteiger partial charge in [-0.15, -0.1) is 0 Å². The molecule has 0 saturated carbocycles. The Morgan fingerprint density at radius 3 is 2.75 bits per heavy atom. The van der Waals surface area contributed by atoms with E-state index >= 15 is 0 Å². The lowest BCUT2D eigenvalue weighted by Gasteiger charge is -2.12. The van der Waals surface area contributed by atoms with E-state index < -0.39 is 0 Å². The number of phenolic OH excluding ortho intramolecular Hbond substituents is 1. The molecule has 0 aliphatic carbocycles. The van der Waals surface area contributed by atoms with Gasteiger partial charge in [-0.25, -0.2) is 0 Å². The molecule has 1 rings (SSSR count). The van der Waals surface area contributed by atoms with Gasteiger partial charge in [0.2, 0.25) is 0 Å². The summed E-state index contributed by atoms with van der Waals surface area (Å²) in [6.45, 7) is 2.20. The number of phenols is 1. The van der Waals surface area contributed by atoms with E-state index in [0.29, 0.717) is 24.0 Å². The number of ether oxygens (including phenoxy) is 2. The number of carbonyl (C=O) groups excluding carboxylic acids is 1. The van der Waals surface area contributed by atoms with E-state index in [9.17, 15) is 9.90 Å². The normalized spacial score (nSPS) is 9.62. The minimum atomic E-state index is -0.135. The molecule has 0 heterocycles. The Balaban J connectivity index is 3.27. The Bertz CT molecular complexity index is 415. The summed E-state index contributed by atoms with van der Waals surface area (Å²) >= 11 is 5.01. The number of hydrogen-bond donors (Lipinski definition) is 1. The van der Waals surface area contributed by atoms with Gasteiger partial charge in [-0.05, 0) is 31.3 Å². The fraction of sp³-hybridized carbons (Fsp3) is 0.273. The van der Waals surface area contributed by atoms with Gasteiger partial charge in [-0.2, -0.15) is 0 Å². The Hall–Kier alpha value is -1.62. The van der Waals surface area contributed by atoms with Gasteiger partial charge in [-0.3, -0.25) is 4.79 Å². The van der Waals surface area contributed by atoms with Gasteiger partial charge >= 0.3 is 0 Å². The molecular weight excluding hydrogens is 228 g/mol. The van der Waals surface area contributed by atoms with Crippen molar-refractivity contribution in [2.75, 3.05) is 13.7 Å². The molecule has 0 radical (unpaired) electrons. The van der Waals surface area contributed by atoms with Crippen LogP contribution in [-0.2, 0) is 4.74 Å². The number of methoxy groups -OCH3 is 1. The van der Waals surface area contributed by atoms with Gasteiger partial charge in [0.05, 0.1) is 19.3 Å². The number of thiocarbonyl (C=S) groups is 1. The summed E-state index contributed by atoms with van der Waals surface area (Å²) in [5.74, 6) is 0.0770. The van der Waals surface area contributed by atoms with E-state index in [0.717, 1.165) is 0 Å². The highest BCUT2D eigenvalue weighted by atomic mass is 32.1. The first kappa shape index (κ1) is 12.4. The summed E-state index contributed by atoms with van der Waals surface area (Å²) in [7, 11) is 1.41. The maximum atomic E-state index is 10.7. The van der Waals surface area contributed by atoms with Crippen LogP contribution >= 0.6 is 12.2 Å². The second kappa shape index (κ2) is 5.46. The quantitative estimate of drug-likeness (QED) is 0.643. The fourth-order valence-corrected chi connectivity index (χ4v) is 1.55. The zero-order chi connectivity index (χ0) is 12.1. The summed E-state index contributed by atoms with van der Waals surface area (Å²) in [6, 6.07) is 2.83. The van der Waals surface area contributed by atoms with Crippen LogP contribution in [0.15, 0.2) is 12.1 Å². The fourth-order valence-electron chi connectivity index (χ4n) is 1.28. The van der Waals surface area contributed by atoms with Crippen molar-refractivity contribution in [1.82, 2.24) is 0 Å². The van der Waals surface area contributed by atoms with E-state index in [4.69, 9.17) is 21.7 Å². The molecule has 0 bridgehead atoms. The molecule has 4 nitrogen and oxygen atoms in total. The number of carbonyl (C=O) groups is 1. The summed E-state index contributed by atoms with van der Waals surface area (Å²) in [4.78, 5) is 10.7. The largest absolute Gasteiger partial charge is 0.504 e. The first-order valence-electron chi connectivity index (χ1n) is 4.67. The predicted molar refractivity (Wildman–Crippen MR) is 63.4 cm³/mol. The minimum Gasteiger partial charge on any atom is -0.504 e. The van der Waals surface area contributed by atoms with Crippen LogP contribution in [0.3, 0.4) is 0 Å². The molecule has 0 spiro atoms. The highest BCUT2D eigenvalue weighted by Crippen LogP contribution is 2.31. The molecule has 1 aromatic rings. The molecule has 0 fully saturated rings. The van der Waals surface area contributed by atoms with E-state index in [1.54, 1.807) is 6.92 Å². The third kappa shape index (κ3) is 2.49. The van der Waals surface area contributed by atoms with Gasteiger partial charge in [0.25, 0.3) is 0 Å². The number of hydrogen-bond acceptors (Lipinski definition) is 5. The van der Waals surface area contributed by atoms with E-state index in [-0.39, 0.29) is 16.5 Å². The van der Waals surface area contributed by atoms with Crippen LogP contribution in [0.2, 0.25) is 0 Å². The van der Waals surface area contributed by atoms with Crippen LogP contribution in [0.4, 0.5) is 0 Å². The van der Waals surface area contributed by atoms with Gasteiger partial charge in [0.15, 0.2) is 16.5 Å². The van der Waals surface area contributed by atoms with Crippen molar-refractivity contribution < 1.29 is 19.4 Å². The average Bonchev–Trinajstić information content (AvgIpc) is 2.28. The molecule has 0 amide bonds. The average molecular weight is 240 g/mol. The maximum absolute atomic E-state index is 10.7. The second-order valence-electron chi connectivity index (χ2n) is 2.96. The second-order valence-corrected chi connectivity index (χ2v) is 3.33. The van der Waals surface area contributed by atoms with E-state index in [1.807, 2.05) is 0 Å². The summed E-state index contributed by atoms with van der Waals surface area (Å²) in [5.41, 5.74) is 0.719. The lowest BCUT2D eigenvalue weighted by Crippen LogP contribution is -2.06. The van der Waals surface area contributed by atoms with E-state index in [2.05, 4.69) is 0 Å². The standard InChI is InChI=1S/C11H12O4S/c1-3-15-11(16)8-4-7(6-12)5-9(13)10(8)14-2/h4-6,13H,3H2,1-2H3. The third-order valence-electron chi connectivity index (χ3n) is 1.93. The number of aromatic hydroxyl groups is 1. The monoisotopic (exact) mass is 240 g/mol. The molecule has 1 N–H and O–H groups in total. The SMILES string of the molecule is CCOC(=S)c1cc(C=O)cc(O)c1OC. The molecule has 0 aliphatic rings. The zero-order valence-corrected chi connectivity index (χ0v) is 9.84. The molecule has 5 heteroatoms. The van der Waals surface area contributed by atoms with Crippen LogP contribution < -0.4 is 4.74 Å². The summed E-state index contributed by atoms with van der Waals surface area (Å²) in [6.07, 6.45) is 0.622. The van der Waals surface area contributed by atoms with Gasteiger partial charge in [0, 0.05) is 5.56 Å². The smallest absolute Gasteiger partial charge is 0.195 e. The molecule has 0 aromatic heterocycles. The Morgan fingerprint density at radius 2 is 2.25 bits per heavy atom. The Labute approximate surface area is 98.8 Å². The minimum absolute atomic E-state index is 0.135. The van der Waals surface area contributed by atoms with Crippen LogP contribution in [0, 0.1) is 0 Å². The number of rotatable bonds is 4. The van der Waals surface area contributed by atoms with Crippen LogP contribution in [0.5, 0.6) is 11.5 Å². The first-order chi connectivity index (χ1) is 7.63. The summed E-state index contributed by atoms with van der Waals surface area (Å²) < 4.78 is 10.2. The van der Waals surface area contributed by atoms with Crippen LogP contribution in [0.25, 0.3) is 0 Å². The predicted octanol–water partition coefficient (Wildman–Crippen LogP) is 1.93. The first-order valence-corrected chi connectivity index (χ1v) is 5.08. The van der Waals surface area contributed by atoms with Crippen LogP contribution in [0.1, 0.15) is 22.8 Å². The highest BCUT2D eigenvalue weighted by Gasteiger charge is 2.15. The maximum Gasteiger partial charge on any atom is 0.195 e. The lowest BCUT2D eigenvalue weighted by atomic mass is 10.1. The van der Waals surface area contributed by atoms with E-state index in [1.165, 1.54) is 19.2 Å². The molecule has 0 saturated heterocycles. The highest BCUT2D eigenvalue weighted by molar-refractivity contribution is 7.80. The third-order valence-corrected chi connectivity index (χ3v) is 2.26. The molecule has 0 aliphatic heterocycles. The molecule has 86 valence electrons.